The van der Waals surface area contributed by atoms with Gasteiger partial charge in [0.2, 0.25) is 0 Å². The first kappa shape index (κ1) is 12.1. The van der Waals surface area contributed by atoms with Crippen LogP contribution in [0.15, 0.2) is 10.5 Å². The molecule has 0 saturated carbocycles. The van der Waals surface area contributed by atoms with Gasteiger partial charge in [-0.2, -0.15) is 11.8 Å². The van der Waals surface area contributed by atoms with Crippen LogP contribution in [0.2, 0.25) is 0 Å². The van der Waals surface area contributed by atoms with Crippen LogP contribution in [0.1, 0.15) is 17.2 Å². The molecule has 0 radical (unpaired) electrons. The zero-order valence-corrected chi connectivity index (χ0v) is 11.5. The van der Waals surface area contributed by atoms with E-state index in [1.165, 1.54) is 0 Å². The number of hydrogen-bond acceptors (Lipinski definition) is 4. The number of aliphatic hydroxyl groups excluding tert-OH is 1. The molecule has 1 aliphatic heterocycles. The number of methoxy groups -OCH3 is 2. The lowest BCUT2D eigenvalue weighted by Crippen LogP contribution is -2.13. The molecule has 0 aliphatic carbocycles. The molecule has 0 saturated heterocycles. The molecule has 0 bridgehead atoms. The van der Waals surface area contributed by atoms with E-state index in [0.29, 0.717) is 11.5 Å². The SMILES string of the molecule is COc1cc(Br)c(OC)c2c1CSC[C@@H]2O. The predicted octanol–water partition coefficient (Wildman–Crippen LogP) is 2.75. The second-order valence-electron chi connectivity index (χ2n) is 3.52. The minimum absolute atomic E-state index is 0.491. The number of hydrogen-bond donors (Lipinski definition) is 1. The van der Waals surface area contributed by atoms with Crippen LogP contribution >= 0.6 is 27.7 Å². The van der Waals surface area contributed by atoms with Gasteiger partial charge in [-0.25, -0.2) is 0 Å². The van der Waals surface area contributed by atoms with E-state index in [9.17, 15) is 5.11 Å². The first-order chi connectivity index (χ1) is 7.69. The summed E-state index contributed by atoms with van der Waals surface area (Å²) in [6, 6.07) is 1.89. The van der Waals surface area contributed by atoms with E-state index in [1.807, 2.05) is 6.07 Å². The molecule has 0 fully saturated rings. The van der Waals surface area contributed by atoms with Crippen LogP contribution in [0.25, 0.3) is 0 Å². The molecule has 16 heavy (non-hydrogen) atoms. The number of ether oxygens (including phenoxy) is 2. The van der Waals surface area contributed by atoms with Gasteiger partial charge in [0.1, 0.15) is 11.5 Å². The van der Waals surface area contributed by atoms with Crippen molar-refractivity contribution in [2.75, 3.05) is 20.0 Å². The van der Waals surface area contributed by atoms with E-state index in [4.69, 9.17) is 9.47 Å². The molecule has 1 aromatic rings. The Morgan fingerprint density at radius 3 is 2.81 bits per heavy atom. The molecule has 1 heterocycles. The van der Waals surface area contributed by atoms with E-state index >= 15 is 0 Å². The molecule has 0 unspecified atom stereocenters. The Labute approximate surface area is 107 Å². The van der Waals surface area contributed by atoms with E-state index in [0.717, 1.165) is 27.1 Å². The molecule has 0 spiro atoms. The summed E-state index contributed by atoms with van der Waals surface area (Å²) in [7, 11) is 3.25. The van der Waals surface area contributed by atoms with Crippen molar-refractivity contribution >= 4 is 27.7 Å². The second kappa shape index (κ2) is 4.85. The zero-order chi connectivity index (χ0) is 11.7. The van der Waals surface area contributed by atoms with Gasteiger partial charge >= 0.3 is 0 Å². The molecule has 1 N–H and O–H groups in total. The van der Waals surface area contributed by atoms with Crippen molar-refractivity contribution in [1.82, 2.24) is 0 Å². The van der Waals surface area contributed by atoms with E-state index in [2.05, 4.69) is 15.9 Å². The summed E-state index contributed by atoms with van der Waals surface area (Å²) >= 11 is 5.13. The van der Waals surface area contributed by atoms with Gasteiger partial charge in [0.15, 0.2) is 0 Å². The molecule has 2 rings (SSSR count). The Kier molecular flexibility index (Phi) is 3.66. The maximum absolute atomic E-state index is 10.0. The Bertz CT molecular complexity index is 409. The quantitative estimate of drug-likeness (QED) is 0.912. The van der Waals surface area contributed by atoms with Crippen molar-refractivity contribution in [3.8, 4) is 11.5 Å². The maximum Gasteiger partial charge on any atom is 0.139 e. The van der Waals surface area contributed by atoms with Gasteiger partial charge in [0, 0.05) is 22.6 Å². The highest BCUT2D eigenvalue weighted by Crippen LogP contribution is 2.45. The number of benzene rings is 1. The largest absolute Gasteiger partial charge is 0.496 e. The lowest BCUT2D eigenvalue weighted by Gasteiger charge is -2.25. The van der Waals surface area contributed by atoms with Gasteiger partial charge in [-0.05, 0) is 22.0 Å². The summed E-state index contributed by atoms with van der Waals surface area (Å²) in [5, 5.41) is 10.0. The molecular weight excluding hydrogens is 292 g/mol. The van der Waals surface area contributed by atoms with Gasteiger partial charge in [-0.1, -0.05) is 0 Å². The van der Waals surface area contributed by atoms with Crippen LogP contribution in [0.4, 0.5) is 0 Å². The topological polar surface area (TPSA) is 38.7 Å². The third kappa shape index (κ3) is 1.92. The maximum atomic E-state index is 10.0. The number of halogens is 1. The van der Waals surface area contributed by atoms with Crippen molar-refractivity contribution in [1.29, 1.82) is 0 Å². The lowest BCUT2D eigenvalue weighted by atomic mass is 10.0. The summed E-state index contributed by atoms with van der Waals surface area (Å²) in [6.07, 6.45) is -0.491. The van der Waals surface area contributed by atoms with Crippen LogP contribution in [0, 0.1) is 0 Å². The van der Waals surface area contributed by atoms with Crippen LogP contribution < -0.4 is 9.47 Å². The molecular formula is C11H13BrO3S. The number of aliphatic hydroxyl groups is 1. The third-order valence-corrected chi connectivity index (χ3v) is 4.25. The van der Waals surface area contributed by atoms with Crippen LogP contribution in [0.5, 0.6) is 11.5 Å². The summed E-state index contributed by atoms with van der Waals surface area (Å²) < 4.78 is 11.5. The molecule has 5 heteroatoms. The van der Waals surface area contributed by atoms with E-state index < -0.39 is 6.10 Å². The van der Waals surface area contributed by atoms with Gasteiger partial charge in [0.05, 0.1) is 24.8 Å². The van der Waals surface area contributed by atoms with Crippen molar-refractivity contribution in [3.05, 3.63) is 21.7 Å². The van der Waals surface area contributed by atoms with Crippen molar-refractivity contribution in [2.45, 2.75) is 11.9 Å². The summed E-state index contributed by atoms with van der Waals surface area (Å²) in [6.45, 7) is 0. The number of fused-ring (bicyclic) bond motifs is 1. The molecule has 3 nitrogen and oxygen atoms in total. The highest BCUT2D eigenvalue weighted by atomic mass is 79.9. The fourth-order valence-corrected chi connectivity index (χ4v) is 3.51. The normalized spacial score (nSPS) is 19.1. The Morgan fingerprint density at radius 2 is 2.19 bits per heavy atom. The Morgan fingerprint density at radius 1 is 1.44 bits per heavy atom. The minimum Gasteiger partial charge on any atom is -0.496 e. The summed E-state index contributed by atoms with van der Waals surface area (Å²) in [5.74, 6) is 3.06. The Hall–Kier alpha value is -0.390. The fraction of sp³-hybridized carbons (Fsp3) is 0.455. The molecule has 0 amide bonds. The second-order valence-corrected chi connectivity index (χ2v) is 5.40. The Balaban J connectivity index is 2.66. The lowest BCUT2D eigenvalue weighted by molar-refractivity contribution is 0.195. The average Bonchev–Trinajstić information content (AvgIpc) is 2.29. The van der Waals surface area contributed by atoms with Gasteiger partial charge in [0.25, 0.3) is 0 Å². The van der Waals surface area contributed by atoms with Gasteiger partial charge < -0.3 is 14.6 Å². The summed E-state index contributed by atoms with van der Waals surface area (Å²) in [4.78, 5) is 0. The number of rotatable bonds is 2. The monoisotopic (exact) mass is 304 g/mol. The van der Waals surface area contributed by atoms with Gasteiger partial charge in [-0.15, -0.1) is 0 Å². The molecule has 88 valence electrons. The van der Waals surface area contributed by atoms with E-state index in [1.54, 1.807) is 26.0 Å². The van der Waals surface area contributed by atoms with Crippen molar-refractivity contribution in [2.24, 2.45) is 0 Å². The van der Waals surface area contributed by atoms with E-state index in [-0.39, 0.29) is 0 Å². The van der Waals surface area contributed by atoms with Crippen LogP contribution in [0.3, 0.4) is 0 Å². The molecule has 1 aromatic carbocycles. The first-order valence-corrected chi connectivity index (χ1v) is 6.82. The standard InChI is InChI=1S/C11H13BrO3S/c1-14-9-3-7(12)11(15-2)10-6(9)4-16-5-8(10)13/h3,8,13H,4-5H2,1-2H3/t8-/m0/s1. The average molecular weight is 305 g/mol. The zero-order valence-electron chi connectivity index (χ0n) is 9.12. The van der Waals surface area contributed by atoms with Crippen LogP contribution in [-0.4, -0.2) is 25.1 Å². The third-order valence-electron chi connectivity index (χ3n) is 2.62. The van der Waals surface area contributed by atoms with Crippen molar-refractivity contribution in [3.63, 3.8) is 0 Å². The highest BCUT2D eigenvalue weighted by Gasteiger charge is 2.27. The van der Waals surface area contributed by atoms with Crippen LogP contribution in [-0.2, 0) is 5.75 Å². The minimum atomic E-state index is -0.491. The first-order valence-electron chi connectivity index (χ1n) is 4.88. The predicted molar refractivity (Wildman–Crippen MR) is 68.4 cm³/mol. The molecule has 1 aliphatic rings. The van der Waals surface area contributed by atoms with Gasteiger partial charge in [-0.3, -0.25) is 0 Å². The van der Waals surface area contributed by atoms with Crippen molar-refractivity contribution < 1.29 is 14.6 Å². The fourth-order valence-electron chi connectivity index (χ4n) is 1.91. The molecule has 0 aromatic heterocycles. The smallest absolute Gasteiger partial charge is 0.139 e. The highest BCUT2D eigenvalue weighted by molar-refractivity contribution is 9.10. The number of thioether (sulfide) groups is 1. The summed E-state index contributed by atoms with van der Waals surface area (Å²) in [5.41, 5.74) is 1.89. The molecule has 1 atom stereocenters.